The fourth-order valence-corrected chi connectivity index (χ4v) is 15.2. The Kier molecular flexibility index (Phi) is 29.6. The van der Waals surface area contributed by atoms with Crippen LogP contribution in [0.15, 0.2) is 319 Å². The summed E-state index contributed by atoms with van der Waals surface area (Å²) < 4.78 is 273. The van der Waals surface area contributed by atoms with E-state index in [0.29, 0.717) is 132 Å². The first-order chi connectivity index (χ1) is 70.3. The number of nitrogens with zero attached hydrogens (tertiary/aromatic N) is 12. The Hall–Kier alpha value is -17.8. The summed E-state index contributed by atoms with van der Waals surface area (Å²) in [7, 11) is 1.92. The zero-order valence-corrected chi connectivity index (χ0v) is 77.6. The molecule has 11 aromatic heterocycles. The van der Waals surface area contributed by atoms with Crippen LogP contribution in [0.5, 0.6) is 58.1 Å². The minimum absolute atomic E-state index is 0.165. The van der Waals surface area contributed by atoms with Crippen LogP contribution in [0.25, 0.3) is 116 Å². The first-order valence-corrected chi connectivity index (χ1v) is 44.4. The third-order valence-corrected chi connectivity index (χ3v) is 22.1. The molecule has 0 radical (unpaired) electrons. The number of hydrogen-bond acceptors (Lipinski definition) is 24. The molecule has 0 bridgehead atoms. The fraction of sp³-hybridized carbons (Fsp3) is 0.173. The van der Waals surface area contributed by atoms with E-state index in [1.165, 1.54) is 72.8 Å². The summed E-state index contributed by atoms with van der Waals surface area (Å²) in [5, 5.41) is 23.2. The molecule has 0 amide bonds. The molecule has 10 aromatic carbocycles. The van der Waals surface area contributed by atoms with Gasteiger partial charge in [0.25, 0.3) is 29.4 Å². The van der Waals surface area contributed by atoms with Gasteiger partial charge in [0.2, 0.25) is 0 Å². The fourth-order valence-electron chi connectivity index (χ4n) is 15.2. The molecule has 0 spiro atoms. The number of aryl methyl sites for hydroxylation is 4. The predicted octanol–water partition coefficient (Wildman–Crippen LogP) is 28.1. The zero-order chi connectivity index (χ0) is 103. The van der Waals surface area contributed by atoms with E-state index in [2.05, 4.69) is 82.8 Å². The average molecular weight is 2040 g/mol. The van der Waals surface area contributed by atoms with Crippen LogP contribution < -0.4 is 47.4 Å². The van der Waals surface area contributed by atoms with E-state index in [0.717, 1.165) is 79.5 Å². The summed E-state index contributed by atoms with van der Waals surface area (Å²) in [6, 6.07) is 68.8. The van der Waals surface area contributed by atoms with Gasteiger partial charge in [0, 0.05) is 51.3 Å². The van der Waals surface area contributed by atoms with Crippen molar-refractivity contribution in [3.05, 3.63) is 332 Å². The van der Waals surface area contributed by atoms with Gasteiger partial charge in [-0.1, -0.05) is 97.1 Å². The average Bonchev–Trinajstić information content (AvgIpc) is 1.68. The molecule has 0 aliphatic heterocycles. The molecule has 43 heteroatoms. The number of aromatic nitrogens is 12. The van der Waals surface area contributed by atoms with Crippen LogP contribution in [-0.2, 0) is 46.6 Å². The SMILES string of the molecule is CC(C)n1cccc1COc1noc2ccc(-c3ccc(OC(F)(F)F)cc3)cc12.CCn1cncc1COc1noc2ccc(-c3ccc(OC(F)(F)F)cc3)cc12.Cc1nc(COc2noc3ccc(-c4ccc(OC(F)(F)F)cc4)cc23)c(C)o1.Cn1cccc1COc1noc2ccc(-c3ccc(OC(F)(F)F)cc3)cc12.FC(F)(F)Oc1ccc(-c2ccc3onc(OCc4cn5ccccc5n4)c3c2)cc1. The quantitative estimate of drug-likeness (QED) is 0.0432. The predicted molar refractivity (Wildman–Crippen MR) is 502 cm³/mol. The van der Waals surface area contributed by atoms with Crippen LogP contribution >= 0.6 is 0 Å². The number of oxazole rings is 1. The van der Waals surface area contributed by atoms with Crippen LogP contribution in [0.3, 0.4) is 0 Å². The maximum absolute atomic E-state index is 12.3. The number of benzene rings is 10. The Bertz CT molecular complexity index is 8000. The van der Waals surface area contributed by atoms with Crippen molar-refractivity contribution in [1.82, 2.24) is 58.8 Å². The van der Waals surface area contributed by atoms with Crippen LogP contribution in [0.2, 0.25) is 0 Å². The monoisotopic (exact) mass is 2040 g/mol. The molecule has 0 atom stereocenters. The zero-order valence-electron chi connectivity index (χ0n) is 77.6. The van der Waals surface area contributed by atoms with Crippen molar-refractivity contribution in [2.45, 2.75) is 112 Å². The highest BCUT2D eigenvalue weighted by molar-refractivity contribution is 5.91. The molecule has 21 rings (SSSR count). The summed E-state index contributed by atoms with van der Waals surface area (Å²) in [5.74, 6) is 1.49. The largest absolute Gasteiger partial charge is 0.573 e. The van der Waals surface area contributed by atoms with E-state index in [4.69, 9.17) is 50.7 Å². The number of imidazole rings is 2. The van der Waals surface area contributed by atoms with Gasteiger partial charge in [0.15, 0.2) is 33.8 Å². The Labute approximate surface area is 821 Å². The number of halogens is 15. The van der Waals surface area contributed by atoms with Crippen molar-refractivity contribution in [3.63, 3.8) is 0 Å². The van der Waals surface area contributed by atoms with E-state index in [9.17, 15) is 65.9 Å². The Balaban J connectivity index is 0.000000126. The van der Waals surface area contributed by atoms with E-state index in [1.807, 2.05) is 119 Å². The summed E-state index contributed by atoms with van der Waals surface area (Å²) in [5.41, 5.74) is 15.3. The molecule has 21 aromatic rings. The van der Waals surface area contributed by atoms with Crippen molar-refractivity contribution in [2.75, 3.05) is 0 Å². The smallest absolute Gasteiger partial charge is 0.469 e. The second-order valence-electron chi connectivity index (χ2n) is 32.5. The van der Waals surface area contributed by atoms with Crippen molar-refractivity contribution < 1.29 is 140 Å². The molecule has 756 valence electrons. The lowest BCUT2D eigenvalue weighted by atomic mass is 10.0. The van der Waals surface area contributed by atoms with Gasteiger partial charge in [0.05, 0.1) is 62.2 Å². The second-order valence-corrected chi connectivity index (χ2v) is 32.5. The Morgan fingerprint density at radius 1 is 0.333 bits per heavy atom. The van der Waals surface area contributed by atoms with Gasteiger partial charge in [-0.2, -0.15) is 0 Å². The van der Waals surface area contributed by atoms with Crippen molar-refractivity contribution in [2.24, 2.45) is 7.05 Å². The number of ether oxygens (including phenoxy) is 10. The lowest BCUT2D eigenvalue weighted by molar-refractivity contribution is -0.275. The first kappa shape index (κ1) is 101. The first-order valence-electron chi connectivity index (χ1n) is 44.4. The van der Waals surface area contributed by atoms with Crippen LogP contribution in [0.1, 0.15) is 66.9 Å². The summed E-state index contributed by atoms with van der Waals surface area (Å²) >= 11 is 0. The van der Waals surface area contributed by atoms with Crippen LogP contribution in [-0.4, -0.2) is 90.6 Å². The molecule has 147 heavy (non-hydrogen) atoms. The number of pyridine rings is 1. The maximum Gasteiger partial charge on any atom is 0.573 e. The Morgan fingerprint density at radius 2 is 0.653 bits per heavy atom. The van der Waals surface area contributed by atoms with Crippen LogP contribution in [0.4, 0.5) is 65.9 Å². The molecule has 0 saturated carbocycles. The van der Waals surface area contributed by atoms with Gasteiger partial charge in [-0.25, -0.2) is 15.0 Å². The Morgan fingerprint density at radius 3 is 0.966 bits per heavy atom. The molecular formula is C104H79F15N12O16. The summed E-state index contributed by atoms with van der Waals surface area (Å²) in [6.45, 7) is 11.8. The molecule has 0 fully saturated rings. The van der Waals surface area contributed by atoms with Crippen molar-refractivity contribution >= 4 is 60.5 Å². The van der Waals surface area contributed by atoms with E-state index >= 15 is 0 Å². The minimum atomic E-state index is -4.73. The lowest BCUT2D eigenvalue weighted by Gasteiger charge is -2.12. The highest BCUT2D eigenvalue weighted by Crippen LogP contribution is 2.41. The number of fused-ring (bicyclic) bond motifs is 6. The van der Waals surface area contributed by atoms with Gasteiger partial charge in [0.1, 0.15) is 78.9 Å². The molecule has 0 aliphatic rings. The normalized spacial score (nSPS) is 11.8. The third kappa shape index (κ3) is 26.2. The van der Waals surface area contributed by atoms with Gasteiger partial charge >= 0.3 is 31.8 Å². The maximum atomic E-state index is 12.3. The summed E-state index contributed by atoms with van der Waals surface area (Å²) in [4.78, 5) is 12.8. The van der Waals surface area contributed by atoms with E-state index < -0.39 is 31.8 Å². The number of alkyl halides is 15. The van der Waals surface area contributed by atoms with Crippen molar-refractivity contribution in [1.29, 1.82) is 0 Å². The molecular weight excluding hydrogens is 1960 g/mol. The molecule has 0 unspecified atom stereocenters. The summed E-state index contributed by atoms with van der Waals surface area (Å²) in [6.07, 6.45) is -12.5. The highest BCUT2D eigenvalue weighted by atomic mass is 19.4. The molecule has 0 aliphatic carbocycles. The molecule has 0 saturated heterocycles. The van der Waals surface area contributed by atoms with E-state index in [1.54, 1.807) is 142 Å². The topological polar surface area (TPSA) is 293 Å². The lowest BCUT2D eigenvalue weighted by Crippen LogP contribution is -2.16. The van der Waals surface area contributed by atoms with Crippen LogP contribution in [0, 0.1) is 13.8 Å². The highest BCUT2D eigenvalue weighted by Gasteiger charge is 2.35. The molecule has 11 heterocycles. The van der Waals surface area contributed by atoms with Crippen molar-refractivity contribution in [3.8, 4) is 114 Å². The standard InChI is InChI=1S/C22H14F3N3O3.C22H19F3N2O3.C20H16F3N3O3.C20H15F3N2O4.C20H15F3N2O3/c23-22(24,25)30-17-7-4-14(5-8-17)15-6-9-19-18(11-15)21(27-31-19)29-13-16-12-28-10-2-1-3-20(28)26-16;1-14(2)27-11-3-4-17(27)13-28-21-19-12-16(7-10-20(19)30-26-21)15-5-8-18(9-6-15)29-22(23,24)25;1-2-26-12-24-10-15(26)11-27-19-17-9-14(5-8-18(17)29-25-19)13-3-6-16(7-4-13)28-20(21,22)23;1-11-17(24-12(2)27-11)10-26-19-16-9-14(5-8-18(16)29-25-19)13-3-6-15(7-4-13)28-20(21,22)23;1-25-10-2-3-15(25)12-26-19-17-11-14(6-9-18(17)28-24-19)13-4-7-16(8-5-13)27-20(21,22)23/h1-12H,13H2;3-12,14H,13H2,1-2H3;3-10,12H,2,11H2,1H3;3-9H,10H2,1-2H3;2-11H,12H2,1H3. The van der Waals surface area contributed by atoms with Gasteiger partial charge in [-0.05, 0) is 267 Å². The molecule has 0 N–H and O–H groups in total. The second kappa shape index (κ2) is 43.2. The number of hydrogen-bond donors (Lipinski definition) is 0. The van der Waals surface area contributed by atoms with Gasteiger partial charge in [-0.15, -0.1) is 65.9 Å². The number of rotatable bonds is 27. The molecule has 28 nitrogen and oxygen atoms in total. The third-order valence-electron chi connectivity index (χ3n) is 22.1. The minimum Gasteiger partial charge on any atom is -0.469 e. The van der Waals surface area contributed by atoms with E-state index in [-0.39, 0.29) is 48.6 Å². The van der Waals surface area contributed by atoms with Gasteiger partial charge in [-0.3, -0.25) is 0 Å². The van der Waals surface area contributed by atoms with Gasteiger partial charge < -0.3 is 92.5 Å².